The van der Waals surface area contributed by atoms with E-state index in [1.165, 1.54) is 5.56 Å². The molecule has 2 aliphatic rings. The number of carbonyl (C=O) groups excluding carboxylic acids is 1. The number of rotatable bonds is 4. The zero-order valence-electron chi connectivity index (χ0n) is 15.2. The fraction of sp³-hybridized carbons (Fsp3) is 0.381. The van der Waals surface area contributed by atoms with E-state index in [0.717, 1.165) is 19.3 Å². The van der Waals surface area contributed by atoms with Crippen molar-refractivity contribution in [3.05, 3.63) is 65.7 Å². The third-order valence-electron chi connectivity index (χ3n) is 5.38. The lowest BCUT2D eigenvalue weighted by molar-refractivity contribution is 0.192. The SMILES string of the molecule is O=C(NC(Cc1ccccc1)C1CC1)N1CCS(=O)(=O)c2ccccc2C1. The van der Waals surface area contributed by atoms with Crippen LogP contribution in [-0.4, -0.2) is 37.7 Å². The summed E-state index contributed by atoms with van der Waals surface area (Å²) in [5.41, 5.74) is 1.90. The molecule has 0 bridgehead atoms. The van der Waals surface area contributed by atoms with Gasteiger partial charge >= 0.3 is 6.03 Å². The number of benzene rings is 2. The smallest absolute Gasteiger partial charge is 0.317 e. The first-order valence-electron chi connectivity index (χ1n) is 9.43. The van der Waals surface area contributed by atoms with Gasteiger partial charge in [-0.1, -0.05) is 48.5 Å². The predicted octanol–water partition coefficient (Wildman–Crippen LogP) is 3.01. The van der Waals surface area contributed by atoms with Gasteiger partial charge in [-0.15, -0.1) is 0 Å². The average molecular weight is 385 g/mol. The van der Waals surface area contributed by atoms with Crippen LogP contribution in [-0.2, 0) is 22.8 Å². The molecule has 142 valence electrons. The van der Waals surface area contributed by atoms with Crippen molar-refractivity contribution in [3.8, 4) is 0 Å². The lowest BCUT2D eigenvalue weighted by Gasteiger charge is -2.25. The molecule has 0 radical (unpaired) electrons. The molecule has 1 aliphatic heterocycles. The molecule has 2 aromatic rings. The maximum absolute atomic E-state index is 12.9. The number of nitrogens with zero attached hydrogens (tertiary/aromatic N) is 1. The number of hydrogen-bond acceptors (Lipinski definition) is 3. The monoisotopic (exact) mass is 384 g/mol. The molecule has 5 nitrogen and oxygen atoms in total. The zero-order valence-corrected chi connectivity index (χ0v) is 16.0. The summed E-state index contributed by atoms with van der Waals surface area (Å²) in [7, 11) is -3.35. The van der Waals surface area contributed by atoms with Gasteiger partial charge in [-0.2, -0.15) is 0 Å². The fourth-order valence-corrected chi connectivity index (χ4v) is 5.19. The van der Waals surface area contributed by atoms with Crippen LogP contribution >= 0.6 is 0 Å². The molecule has 1 aliphatic carbocycles. The van der Waals surface area contributed by atoms with Gasteiger partial charge < -0.3 is 10.2 Å². The van der Waals surface area contributed by atoms with Gasteiger partial charge in [0.05, 0.1) is 10.6 Å². The van der Waals surface area contributed by atoms with Crippen molar-refractivity contribution in [1.82, 2.24) is 10.2 Å². The number of hydrogen-bond donors (Lipinski definition) is 1. The summed E-state index contributed by atoms with van der Waals surface area (Å²) in [6.07, 6.45) is 3.07. The lowest BCUT2D eigenvalue weighted by atomic mass is 10.0. The zero-order chi connectivity index (χ0) is 18.9. The van der Waals surface area contributed by atoms with Gasteiger partial charge in [0.1, 0.15) is 0 Å². The van der Waals surface area contributed by atoms with E-state index in [1.54, 1.807) is 23.1 Å². The summed E-state index contributed by atoms with van der Waals surface area (Å²) >= 11 is 0. The lowest BCUT2D eigenvalue weighted by Crippen LogP contribution is -2.47. The van der Waals surface area contributed by atoms with Crippen molar-refractivity contribution in [2.24, 2.45) is 5.92 Å². The van der Waals surface area contributed by atoms with Crippen molar-refractivity contribution in [1.29, 1.82) is 0 Å². The molecular weight excluding hydrogens is 360 g/mol. The second kappa shape index (κ2) is 7.35. The van der Waals surface area contributed by atoms with E-state index in [2.05, 4.69) is 17.4 Å². The van der Waals surface area contributed by atoms with Crippen LogP contribution in [0.1, 0.15) is 24.0 Å². The Hall–Kier alpha value is -2.34. The maximum Gasteiger partial charge on any atom is 0.317 e. The minimum atomic E-state index is -3.35. The van der Waals surface area contributed by atoms with Gasteiger partial charge in [-0.25, -0.2) is 13.2 Å². The van der Waals surface area contributed by atoms with Crippen molar-refractivity contribution in [2.75, 3.05) is 12.3 Å². The van der Waals surface area contributed by atoms with E-state index in [4.69, 9.17) is 0 Å². The highest BCUT2D eigenvalue weighted by atomic mass is 32.2. The largest absolute Gasteiger partial charge is 0.335 e. The first kappa shape index (κ1) is 18.0. The van der Waals surface area contributed by atoms with Gasteiger partial charge in [-0.3, -0.25) is 0 Å². The van der Waals surface area contributed by atoms with Crippen molar-refractivity contribution in [3.63, 3.8) is 0 Å². The molecule has 1 fully saturated rings. The first-order valence-corrected chi connectivity index (χ1v) is 11.1. The Labute approximate surface area is 160 Å². The molecular formula is C21H24N2O3S. The van der Waals surface area contributed by atoms with E-state index in [1.807, 2.05) is 24.3 Å². The van der Waals surface area contributed by atoms with Crippen molar-refractivity contribution >= 4 is 15.9 Å². The van der Waals surface area contributed by atoms with E-state index < -0.39 is 9.84 Å². The van der Waals surface area contributed by atoms with Crippen LogP contribution in [0.2, 0.25) is 0 Å². The number of amides is 2. The summed E-state index contributed by atoms with van der Waals surface area (Å²) in [4.78, 5) is 14.9. The first-order chi connectivity index (χ1) is 13.0. The Morgan fingerprint density at radius 3 is 2.52 bits per heavy atom. The third kappa shape index (κ3) is 4.16. The molecule has 1 N–H and O–H groups in total. The number of sulfone groups is 1. The van der Waals surface area contributed by atoms with Gasteiger partial charge in [0.25, 0.3) is 0 Å². The van der Waals surface area contributed by atoms with Crippen LogP contribution in [0.5, 0.6) is 0 Å². The van der Waals surface area contributed by atoms with Crippen LogP contribution in [0.4, 0.5) is 4.79 Å². The van der Waals surface area contributed by atoms with Crippen molar-refractivity contribution < 1.29 is 13.2 Å². The van der Waals surface area contributed by atoms with Crippen LogP contribution in [0, 0.1) is 5.92 Å². The summed E-state index contributed by atoms with van der Waals surface area (Å²) < 4.78 is 25.0. The molecule has 1 saturated carbocycles. The van der Waals surface area contributed by atoms with Gasteiger partial charge in [-0.05, 0) is 42.4 Å². The number of carbonyl (C=O) groups is 1. The Morgan fingerprint density at radius 1 is 1.07 bits per heavy atom. The number of fused-ring (bicyclic) bond motifs is 1. The van der Waals surface area contributed by atoms with E-state index in [-0.39, 0.29) is 24.4 Å². The molecule has 0 saturated heterocycles. The van der Waals surface area contributed by atoms with E-state index in [0.29, 0.717) is 22.9 Å². The molecule has 2 aromatic carbocycles. The van der Waals surface area contributed by atoms with E-state index in [9.17, 15) is 13.2 Å². The molecule has 0 aromatic heterocycles. The second-order valence-electron chi connectivity index (χ2n) is 7.43. The van der Waals surface area contributed by atoms with Crippen LogP contribution in [0.25, 0.3) is 0 Å². The van der Waals surface area contributed by atoms with Gasteiger partial charge in [0.2, 0.25) is 0 Å². The second-order valence-corrected chi connectivity index (χ2v) is 9.51. The van der Waals surface area contributed by atoms with Crippen LogP contribution in [0.15, 0.2) is 59.5 Å². The number of nitrogens with one attached hydrogen (secondary N) is 1. The Morgan fingerprint density at radius 2 is 1.78 bits per heavy atom. The molecule has 1 heterocycles. The molecule has 1 unspecified atom stereocenters. The Bertz CT molecular complexity index is 923. The normalized spacial score (nSPS) is 19.6. The Kier molecular flexibility index (Phi) is 4.91. The molecule has 4 rings (SSSR count). The average Bonchev–Trinajstić information content (AvgIpc) is 3.51. The summed E-state index contributed by atoms with van der Waals surface area (Å²) in [6, 6.07) is 17.1. The summed E-state index contributed by atoms with van der Waals surface area (Å²) in [6.45, 7) is 0.537. The quantitative estimate of drug-likeness (QED) is 0.881. The van der Waals surface area contributed by atoms with E-state index >= 15 is 0 Å². The highest BCUT2D eigenvalue weighted by Gasteiger charge is 2.34. The number of urea groups is 1. The maximum atomic E-state index is 12.9. The van der Waals surface area contributed by atoms with Crippen LogP contribution in [0.3, 0.4) is 0 Å². The predicted molar refractivity (Wildman–Crippen MR) is 104 cm³/mol. The molecule has 2 amide bonds. The van der Waals surface area contributed by atoms with Crippen molar-refractivity contribution in [2.45, 2.75) is 36.7 Å². The van der Waals surface area contributed by atoms with Gasteiger partial charge in [0, 0.05) is 19.1 Å². The highest BCUT2D eigenvalue weighted by molar-refractivity contribution is 7.91. The molecule has 27 heavy (non-hydrogen) atoms. The third-order valence-corrected chi connectivity index (χ3v) is 7.17. The van der Waals surface area contributed by atoms with Gasteiger partial charge in [0.15, 0.2) is 9.84 Å². The Balaban J connectivity index is 1.49. The molecule has 1 atom stereocenters. The van der Waals surface area contributed by atoms with Crippen LogP contribution < -0.4 is 5.32 Å². The minimum Gasteiger partial charge on any atom is -0.335 e. The topological polar surface area (TPSA) is 66.5 Å². The fourth-order valence-electron chi connectivity index (χ4n) is 3.69. The highest BCUT2D eigenvalue weighted by Crippen LogP contribution is 2.34. The summed E-state index contributed by atoms with van der Waals surface area (Å²) in [5.74, 6) is 0.474. The minimum absolute atomic E-state index is 0.0375. The summed E-state index contributed by atoms with van der Waals surface area (Å²) in [5, 5.41) is 3.18. The molecule has 0 spiro atoms. The standard InChI is InChI=1S/C21H24N2O3S/c24-21(22-19(17-10-11-17)14-16-6-2-1-3-7-16)23-12-13-27(25,26)20-9-5-4-8-18(20)15-23/h1-9,17,19H,10-15H2,(H,22,24). The molecule has 6 heteroatoms.